The van der Waals surface area contributed by atoms with Crippen molar-refractivity contribution >= 4 is 43.0 Å². The molecule has 0 unspecified atom stereocenters. The minimum atomic E-state index is 0.531. The van der Waals surface area contributed by atoms with E-state index in [4.69, 9.17) is 9.15 Å². The molecule has 0 aliphatic carbocycles. The first kappa shape index (κ1) is 12.6. The summed E-state index contributed by atoms with van der Waals surface area (Å²) in [5.41, 5.74) is 2.26. The summed E-state index contributed by atoms with van der Waals surface area (Å²) in [7, 11) is 1.62. The second-order valence-electron chi connectivity index (χ2n) is 3.85. The highest BCUT2D eigenvalue weighted by Crippen LogP contribution is 2.32. The van der Waals surface area contributed by atoms with Crippen LogP contribution in [0.1, 0.15) is 0 Å². The van der Waals surface area contributed by atoms with Gasteiger partial charge in [0.2, 0.25) is 5.89 Å². The Morgan fingerprint density at radius 3 is 2.74 bits per heavy atom. The molecule has 0 aliphatic rings. The van der Waals surface area contributed by atoms with Crippen LogP contribution in [0.2, 0.25) is 0 Å². The molecule has 3 rings (SSSR count). The van der Waals surface area contributed by atoms with Crippen LogP contribution < -0.4 is 4.74 Å². The van der Waals surface area contributed by atoms with E-state index in [9.17, 15) is 0 Å². The second-order valence-corrected chi connectivity index (χ2v) is 5.51. The molecule has 0 fully saturated rings. The Labute approximate surface area is 126 Å². The number of methoxy groups -OCH3 is 1. The van der Waals surface area contributed by atoms with Crippen molar-refractivity contribution in [2.24, 2.45) is 0 Å². The van der Waals surface area contributed by atoms with Gasteiger partial charge in [0.15, 0.2) is 5.58 Å². The number of halogens is 2. The monoisotopic (exact) mass is 382 g/mol. The van der Waals surface area contributed by atoms with E-state index in [2.05, 4.69) is 41.8 Å². The predicted octanol–water partition coefficient (Wildman–Crippen LogP) is 4.42. The SMILES string of the molecule is COc1cc(Br)c2oc(-c3ccc(Br)nc3)nc2c1. The maximum Gasteiger partial charge on any atom is 0.228 e. The van der Waals surface area contributed by atoms with Crippen LogP contribution in [0.5, 0.6) is 5.75 Å². The van der Waals surface area contributed by atoms with Gasteiger partial charge in [0, 0.05) is 12.3 Å². The largest absolute Gasteiger partial charge is 0.497 e. The number of hydrogen-bond donors (Lipinski definition) is 0. The zero-order valence-electron chi connectivity index (χ0n) is 9.85. The zero-order valence-corrected chi connectivity index (χ0v) is 13.0. The van der Waals surface area contributed by atoms with Crippen LogP contribution in [-0.2, 0) is 0 Å². The van der Waals surface area contributed by atoms with Crippen molar-refractivity contribution in [2.75, 3.05) is 7.11 Å². The third-order valence-corrected chi connectivity index (χ3v) is 3.69. The van der Waals surface area contributed by atoms with Crippen molar-refractivity contribution in [3.63, 3.8) is 0 Å². The minimum Gasteiger partial charge on any atom is -0.497 e. The number of pyridine rings is 1. The lowest BCUT2D eigenvalue weighted by Crippen LogP contribution is -1.82. The number of oxazole rings is 1. The number of benzene rings is 1. The lowest BCUT2D eigenvalue weighted by atomic mass is 10.3. The van der Waals surface area contributed by atoms with E-state index in [1.54, 1.807) is 13.3 Å². The summed E-state index contributed by atoms with van der Waals surface area (Å²) in [4.78, 5) is 8.61. The normalized spacial score (nSPS) is 10.9. The number of hydrogen-bond acceptors (Lipinski definition) is 4. The summed E-state index contributed by atoms with van der Waals surface area (Å²) < 4.78 is 12.5. The summed E-state index contributed by atoms with van der Waals surface area (Å²) in [5.74, 6) is 1.26. The second kappa shape index (κ2) is 4.94. The Bertz CT molecular complexity index is 738. The van der Waals surface area contributed by atoms with Crippen molar-refractivity contribution in [3.05, 3.63) is 39.5 Å². The summed E-state index contributed by atoms with van der Waals surface area (Å²) >= 11 is 6.75. The summed E-state index contributed by atoms with van der Waals surface area (Å²) in [6, 6.07) is 7.42. The van der Waals surface area contributed by atoms with Crippen LogP contribution in [0.4, 0.5) is 0 Å². The van der Waals surface area contributed by atoms with Gasteiger partial charge in [-0.1, -0.05) is 0 Å². The fraction of sp³-hybridized carbons (Fsp3) is 0.0769. The first-order chi connectivity index (χ1) is 9.17. The van der Waals surface area contributed by atoms with E-state index in [1.807, 2.05) is 24.3 Å². The average Bonchev–Trinajstić information content (AvgIpc) is 2.84. The Hall–Kier alpha value is -1.40. The number of fused-ring (bicyclic) bond motifs is 1. The van der Waals surface area contributed by atoms with Gasteiger partial charge in [0.05, 0.1) is 17.1 Å². The van der Waals surface area contributed by atoms with Gasteiger partial charge in [-0.3, -0.25) is 0 Å². The molecule has 0 spiro atoms. The van der Waals surface area contributed by atoms with Gasteiger partial charge in [0.1, 0.15) is 15.9 Å². The molecule has 0 saturated heterocycles. The quantitative estimate of drug-likeness (QED) is 0.614. The lowest BCUT2D eigenvalue weighted by molar-refractivity contribution is 0.415. The number of aromatic nitrogens is 2. The smallest absolute Gasteiger partial charge is 0.228 e. The van der Waals surface area contributed by atoms with Crippen molar-refractivity contribution in [3.8, 4) is 17.2 Å². The molecule has 0 amide bonds. The molecule has 96 valence electrons. The molecule has 0 atom stereocenters. The van der Waals surface area contributed by atoms with Crippen LogP contribution in [0.15, 0.2) is 44.0 Å². The Morgan fingerprint density at radius 1 is 1.21 bits per heavy atom. The van der Waals surface area contributed by atoms with E-state index in [-0.39, 0.29) is 0 Å². The number of ether oxygens (including phenoxy) is 1. The molecule has 1 aromatic carbocycles. The topological polar surface area (TPSA) is 48.2 Å². The molecule has 0 saturated carbocycles. The summed E-state index contributed by atoms with van der Waals surface area (Å²) in [5, 5.41) is 0. The summed E-state index contributed by atoms with van der Waals surface area (Å²) in [6.07, 6.45) is 1.71. The molecule has 0 aliphatic heterocycles. The minimum absolute atomic E-state index is 0.531. The molecular formula is C13H8Br2N2O2. The highest BCUT2D eigenvalue weighted by molar-refractivity contribution is 9.10. The Balaban J connectivity index is 2.16. The molecule has 4 nitrogen and oxygen atoms in total. The van der Waals surface area contributed by atoms with Crippen molar-refractivity contribution < 1.29 is 9.15 Å². The van der Waals surface area contributed by atoms with E-state index in [0.29, 0.717) is 11.5 Å². The maximum absolute atomic E-state index is 5.76. The van der Waals surface area contributed by atoms with Crippen LogP contribution in [0.3, 0.4) is 0 Å². The van der Waals surface area contributed by atoms with E-state index >= 15 is 0 Å². The first-order valence-corrected chi connectivity index (χ1v) is 7.02. The first-order valence-electron chi connectivity index (χ1n) is 5.43. The van der Waals surface area contributed by atoms with Gasteiger partial charge >= 0.3 is 0 Å². The highest BCUT2D eigenvalue weighted by Gasteiger charge is 2.12. The fourth-order valence-electron chi connectivity index (χ4n) is 1.71. The summed E-state index contributed by atoms with van der Waals surface area (Å²) in [6.45, 7) is 0. The molecule has 2 heterocycles. The fourth-order valence-corrected chi connectivity index (χ4v) is 2.46. The number of rotatable bonds is 2. The lowest BCUT2D eigenvalue weighted by Gasteiger charge is -1.98. The van der Waals surface area contributed by atoms with Crippen LogP contribution in [0, 0.1) is 0 Å². The third kappa shape index (κ3) is 2.37. The average molecular weight is 384 g/mol. The Morgan fingerprint density at radius 2 is 2.05 bits per heavy atom. The highest BCUT2D eigenvalue weighted by atomic mass is 79.9. The van der Waals surface area contributed by atoms with Gasteiger partial charge in [0.25, 0.3) is 0 Å². The van der Waals surface area contributed by atoms with E-state index in [0.717, 1.165) is 25.9 Å². The van der Waals surface area contributed by atoms with Crippen molar-refractivity contribution in [1.29, 1.82) is 0 Å². The predicted molar refractivity (Wildman–Crippen MR) is 79.2 cm³/mol. The molecule has 19 heavy (non-hydrogen) atoms. The molecule has 6 heteroatoms. The van der Waals surface area contributed by atoms with Gasteiger partial charge in [-0.2, -0.15) is 0 Å². The van der Waals surface area contributed by atoms with Crippen molar-refractivity contribution in [1.82, 2.24) is 9.97 Å². The molecular weight excluding hydrogens is 376 g/mol. The molecule has 2 aromatic heterocycles. The van der Waals surface area contributed by atoms with Gasteiger partial charge in [-0.05, 0) is 50.1 Å². The van der Waals surface area contributed by atoms with Crippen LogP contribution in [0.25, 0.3) is 22.6 Å². The van der Waals surface area contributed by atoms with Crippen LogP contribution in [-0.4, -0.2) is 17.1 Å². The Kier molecular flexibility index (Phi) is 3.28. The van der Waals surface area contributed by atoms with Gasteiger partial charge < -0.3 is 9.15 Å². The standard InChI is InChI=1S/C13H8Br2N2O2/c1-18-8-4-9(14)12-10(5-8)17-13(19-12)7-2-3-11(15)16-6-7/h2-6H,1H3. The van der Waals surface area contributed by atoms with Crippen LogP contribution >= 0.6 is 31.9 Å². The third-order valence-electron chi connectivity index (χ3n) is 2.63. The van der Waals surface area contributed by atoms with E-state index in [1.165, 1.54) is 0 Å². The molecule has 0 radical (unpaired) electrons. The number of nitrogens with zero attached hydrogens (tertiary/aromatic N) is 2. The van der Waals surface area contributed by atoms with E-state index < -0.39 is 0 Å². The maximum atomic E-state index is 5.76. The molecule has 0 bridgehead atoms. The van der Waals surface area contributed by atoms with Gasteiger partial charge in [-0.15, -0.1) is 0 Å². The van der Waals surface area contributed by atoms with Gasteiger partial charge in [-0.25, -0.2) is 9.97 Å². The van der Waals surface area contributed by atoms with Crippen molar-refractivity contribution in [2.45, 2.75) is 0 Å². The molecule has 3 aromatic rings. The molecule has 0 N–H and O–H groups in total. The zero-order chi connectivity index (χ0) is 13.4.